The zero-order valence-corrected chi connectivity index (χ0v) is 19.0. The highest BCUT2D eigenvalue weighted by molar-refractivity contribution is 9.10. The van der Waals surface area contributed by atoms with Crippen LogP contribution >= 0.6 is 27.5 Å². The number of hydrogen-bond acceptors (Lipinski definition) is 8. The van der Waals surface area contributed by atoms with Gasteiger partial charge in [0.2, 0.25) is 11.8 Å². The number of aromatic nitrogens is 4. The van der Waals surface area contributed by atoms with E-state index in [-0.39, 0.29) is 16.1 Å². The number of nitrogens with two attached hydrogens (primary N) is 1. The third kappa shape index (κ3) is 4.68. The first-order chi connectivity index (χ1) is 15.3. The van der Waals surface area contributed by atoms with Gasteiger partial charge >= 0.3 is 5.97 Å². The van der Waals surface area contributed by atoms with E-state index in [2.05, 4.69) is 35.9 Å². The van der Waals surface area contributed by atoms with Crippen molar-refractivity contribution in [1.29, 1.82) is 0 Å². The van der Waals surface area contributed by atoms with Crippen LogP contribution in [0.5, 0.6) is 11.8 Å². The number of amides is 1. The van der Waals surface area contributed by atoms with Gasteiger partial charge in [-0.2, -0.15) is 0 Å². The van der Waals surface area contributed by atoms with Gasteiger partial charge in [-0.3, -0.25) is 14.8 Å². The molecule has 0 saturated carbocycles. The van der Waals surface area contributed by atoms with Crippen molar-refractivity contribution >= 4 is 61.5 Å². The van der Waals surface area contributed by atoms with Crippen LogP contribution in [-0.2, 0) is 0 Å². The molecule has 4 aromatic rings. The number of nitrogens with zero attached hydrogens (tertiary/aromatic N) is 4. The van der Waals surface area contributed by atoms with Crippen molar-refractivity contribution in [2.45, 2.75) is 0 Å². The molecule has 10 nitrogen and oxygen atoms in total. The molecule has 3 N–H and O–H groups in total. The molecule has 4 heterocycles. The normalized spacial score (nSPS) is 10.4. The molecule has 12 heteroatoms. The lowest BCUT2D eigenvalue weighted by molar-refractivity contribution is 0.0695. The fourth-order valence-corrected chi connectivity index (χ4v) is 3.43. The van der Waals surface area contributed by atoms with Gasteiger partial charge in [0.25, 0.3) is 5.91 Å². The van der Waals surface area contributed by atoms with Crippen molar-refractivity contribution in [2.75, 3.05) is 14.2 Å². The summed E-state index contributed by atoms with van der Waals surface area (Å²) in [6, 6.07) is 6.76. The van der Waals surface area contributed by atoms with Gasteiger partial charge < -0.3 is 20.3 Å². The second-order valence-corrected chi connectivity index (χ2v) is 7.25. The van der Waals surface area contributed by atoms with E-state index in [1.807, 2.05) is 0 Å². The molecule has 4 rings (SSSR count). The number of carbonyl (C=O) groups excluding carboxylic acids is 1. The number of methoxy groups -OCH3 is 2. The predicted molar refractivity (Wildman–Crippen MR) is 120 cm³/mol. The number of rotatable bonds is 4. The lowest BCUT2D eigenvalue weighted by Gasteiger charge is -2.04. The van der Waals surface area contributed by atoms with Crippen LogP contribution in [0.2, 0.25) is 5.02 Å². The second kappa shape index (κ2) is 9.71. The first-order valence-corrected chi connectivity index (χ1v) is 9.95. The van der Waals surface area contributed by atoms with Crippen molar-refractivity contribution in [1.82, 2.24) is 19.9 Å². The number of carbonyl (C=O) groups is 2. The summed E-state index contributed by atoms with van der Waals surface area (Å²) < 4.78 is 10.3. The van der Waals surface area contributed by atoms with Gasteiger partial charge in [-0.15, -0.1) is 0 Å². The Labute approximate surface area is 194 Å². The van der Waals surface area contributed by atoms with Crippen molar-refractivity contribution < 1.29 is 24.2 Å². The van der Waals surface area contributed by atoms with Crippen LogP contribution in [0.1, 0.15) is 20.7 Å². The maximum atomic E-state index is 11.1. The molecule has 0 fully saturated rings. The number of carboxylic acid groups (broad SMARTS) is 1. The summed E-state index contributed by atoms with van der Waals surface area (Å²) in [4.78, 5) is 38.2. The summed E-state index contributed by atoms with van der Waals surface area (Å²) in [5.41, 5.74) is 7.44. The number of halogens is 2. The third-order valence-electron chi connectivity index (χ3n) is 4.17. The highest BCUT2D eigenvalue weighted by Crippen LogP contribution is 2.27. The monoisotopic (exact) mass is 519 g/mol. The summed E-state index contributed by atoms with van der Waals surface area (Å²) in [6.07, 6.45) is 2.63. The Balaban J connectivity index is 0.000000181. The zero-order chi connectivity index (χ0) is 23.4. The fraction of sp³-hybridized carbons (Fsp3) is 0.100. The van der Waals surface area contributed by atoms with Crippen molar-refractivity contribution in [3.05, 3.63) is 57.3 Å². The van der Waals surface area contributed by atoms with Gasteiger partial charge in [0.15, 0.2) is 0 Å². The Morgan fingerprint density at radius 1 is 0.938 bits per heavy atom. The number of aromatic carboxylic acids is 1. The van der Waals surface area contributed by atoms with Crippen LogP contribution < -0.4 is 15.2 Å². The first-order valence-electron chi connectivity index (χ1n) is 8.78. The molecule has 0 unspecified atom stereocenters. The van der Waals surface area contributed by atoms with Crippen LogP contribution in [0.25, 0.3) is 22.1 Å². The number of hydrogen-bond donors (Lipinski definition) is 2. The minimum atomic E-state index is -1.05. The summed E-state index contributed by atoms with van der Waals surface area (Å²) in [5, 5.41) is 9.11. The molecule has 4 aromatic heterocycles. The standard InChI is InChI=1S/C10H7BrN2O3.C10H8ClN3O2/c1-16-7-3-2-6-9(13-7)8(11)5(4-12-6)10(14)15;1-16-7-3-2-6-9(14-7)8(11)5(4-13-6)10(12)15/h2-4H,1H3,(H,14,15);2-4H,1H3,(H2,12,15). The van der Waals surface area contributed by atoms with Gasteiger partial charge in [-0.1, -0.05) is 11.6 Å². The summed E-state index contributed by atoms with van der Waals surface area (Å²) in [5.74, 6) is -0.870. The minimum Gasteiger partial charge on any atom is -0.481 e. The Kier molecular flexibility index (Phi) is 7.01. The molecular formula is C20H15BrClN5O5. The number of carboxylic acids is 1. The Morgan fingerprint density at radius 2 is 1.44 bits per heavy atom. The molecule has 0 bridgehead atoms. The lowest BCUT2D eigenvalue weighted by atomic mass is 10.2. The first kappa shape index (κ1) is 23.1. The summed E-state index contributed by atoms with van der Waals surface area (Å²) >= 11 is 9.21. The van der Waals surface area contributed by atoms with Gasteiger partial charge in [0.1, 0.15) is 11.0 Å². The van der Waals surface area contributed by atoms with Crippen LogP contribution in [0.15, 0.2) is 41.1 Å². The van der Waals surface area contributed by atoms with Crippen molar-refractivity contribution in [3.8, 4) is 11.8 Å². The van der Waals surface area contributed by atoms with Gasteiger partial charge in [-0.05, 0) is 28.1 Å². The lowest BCUT2D eigenvalue weighted by Crippen LogP contribution is -2.12. The van der Waals surface area contributed by atoms with E-state index in [1.165, 1.54) is 26.6 Å². The number of primary amides is 1. The Hall–Kier alpha value is -3.57. The van der Waals surface area contributed by atoms with Crippen LogP contribution in [0.4, 0.5) is 0 Å². The minimum absolute atomic E-state index is 0.0771. The average Bonchev–Trinajstić information content (AvgIpc) is 2.79. The molecule has 0 aromatic carbocycles. The zero-order valence-electron chi connectivity index (χ0n) is 16.7. The number of ether oxygens (including phenoxy) is 2. The van der Waals surface area contributed by atoms with Crippen molar-refractivity contribution in [3.63, 3.8) is 0 Å². The smallest absolute Gasteiger partial charge is 0.338 e. The van der Waals surface area contributed by atoms with Crippen LogP contribution in [0.3, 0.4) is 0 Å². The molecule has 1 amide bonds. The van der Waals surface area contributed by atoms with E-state index in [0.717, 1.165) is 0 Å². The SMILES string of the molecule is COc1ccc2ncc(C(=O)O)c(Br)c2n1.COc1ccc2ncc(C(N)=O)c(Cl)c2n1. The molecule has 0 aliphatic carbocycles. The van der Waals surface area contributed by atoms with E-state index < -0.39 is 11.9 Å². The second-order valence-electron chi connectivity index (χ2n) is 6.08. The number of fused-ring (bicyclic) bond motifs is 2. The van der Waals surface area contributed by atoms with Crippen LogP contribution in [-0.4, -0.2) is 51.1 Å². The van der Waals surface area contributed by atoms with Crippen molar-refractivity contribution in [2.24, 2.45) is 5.73 Å². The predicted octanol–water partition coefficient (Wildman–Crippen LogP) is 3.49. The van der Waals surface area contributed by atoms with Crippen LogP contribution in [0, 0.1) is 0 Å². The molecule has 164 valence electrons. The van der Waals surface area contributed by atoms with Gasteiger partial charge in [-0.25, -0.2) is 14.8 Å². The average molecular weight is 521 g/mol. The molecule has 32 heavy (non-hydrogen) atoms. The van der Waals surface area contributed by atoms with Gasteiger partial charge in [0.05, 0.1) is 45.9 Å². The molecule has 0 aliphatic rings. The van der Waals surface area contributed by atoms with E-state index >= 15 is 0 Å². The van der Waals surface area contributed by atoms with Gasteiger partial charge in [0, 0.05) is 24.5 Å². The van der Waals surface area contributed by atoms with E-state index in [0.29, 0.717) is 38.3 Å². The quantitative estimate of drug-likeness (QED) is 0.412. The van der Waals surface area contributed by atoms with E-state index in [1.54, 1.807) is 24.3 Å². The highest BCUT2D eigenvalue weighted by atomic mass is 79.9. The molecule has 0 atom stereocenters. The number of pyridine rings is 4. The maximum Gasteiger partial charge on any atom is 0.338 e. The molecule has 0 spiro atoms. The van der Waals surface area contributed by atoms with E-state index in [4.69, 9.17) is 31.9 Å². The molecular weight excluding hydrogens is 506 g/mol. The largest absolute Gasteiger partial charge is 0.481 e. The maximum absolute atomic E-state index is 11.1. The summed E-state index contributed by atoms with van der Waals surface area (Å²) in [6.45, 7) is 0. The molecule has 0 radical (unpaired) electrons. The highest BCUT2D eigenvalue weighted by Gasteiger charge is 2.14. The Bertz CT molecular complexity index is 1250. The third-order valence-corrected chi connectivity index (χ3v) is 5.35. The molecule has 0 saturated heterocycles. The summed E-state index contributed by atoms with van der Waals surface area (Å²) in [7, 11) is 2.99. The Morgan fingerprint density at radius 3 is 1.94 bits per heavy atom. The van der Waals surface area contributed by atoms with E-state index in [9.17, 15) is 9.59 Å². The topological polar surface area (TPSA) is 150 Å². The fourth-order valence-electron chi connectivity index (χ4n) is 2.58. The molecule has 0 aliphatic heterocycles.